The van der Waals surface area contributed by atoms with Crippen LogP contribution in [-0.4, -0.2) is 42.6 Å². The van der Waals surface area contributed by atoms with E-state index in [4.69, 9.17) is 14.2 Å². The van der Waals surface area contributed by atoms with Gasteiger partial charge in [-0.25, -0.2) is 5.01 Å². The third kappa shape index (κ3) is 5.31. The molecule has 0 spiro atoms. The number of benzene rings is 2. The van der Waals surface area contributed by atoms with Gasteiger partial charge in [0.15, 0.2) is 18.1 Å². The molecule has 3 aromatic rings. The molecular weight excluding hydrogens is 486 g/mol. The standard InChI is InChI=1S/C25H23N3O7S/c1-33-21-10-9-17(12-22(21)34-2)20-14-18(23-8-5-11-36-23)26-27(20)24(29)15-35-25(30)13-16-6-3-4-7-19(16)28(31)32/h3-12,14,20,26H,13,15H2,1-2H3/t20-/m1/s1. The molecular formula is C25H23N3O7S. The molecule has 0 bridgehead atoms. The van der Waals surface area contributed by atoms with Gasteiger partial charge < -0.3 is 14.2 Å². The van der Waals surface area contributed by atoms with E-state index in [0.29, 0.717) is 11.5 Å². The van der Waals surface area contributed by atoms with Crippen LogP contribution < -0.4 is 14.9 Å². The summed E-state index contributed by atoms with van der Waals surface area (Å²) in [6.07, 6.45) is 1.58. The molecule has 11 heteroatoms. The van der Waals surface area contributed by atoms with Crippen LogP contribution in [0.1, 0.15) is 22.0 Å². The number of nitro benzene ring substituents is 1. The average Bonchev–Trinajstić information content (AvgIpc) is 3.57. The lowest BCUT2D eigenvalue weighted by Gasteiger charge is -2.25. The van der Waals surface area contributed by atoms with Gasteiger partial charge in [-0.3, -0.25) is 25.1 Å². The normalized spacial score (nSPS) is 14.6. The van der Waals surface area contributed by atoms with E-state index < -0.39 is 29.4 Å². The minimum Gasteiger partial charge on any atom is -0.493 e. The van der Waals surface area contributed by atoms with Crippen LogP contribution in [-0.2, 0) is 20.7 Å². The van der Waals surface area contributed by atoms with Crippen LogP contribution in [0.4, 0.5) is 5.69 Å². The number of ether oxygens (including phenoxy) is 3. The molecule has 1 aromatic heterocycles. The number of carbonyl (C=O) groups is 2. The van der Waals surface area contributed by atoms with Gasteiger partial charge in [0, 0.05) is 11.6 Å². The molecule has 0 aliphatic carbocycles. The smallest absolute Gasteiger partial charge is 0.311 e. The third-order valence-corrected chi connectivity index (χ3v) is 6.43. The number of methoxy groups -OCH3 is 2. The van der Waals surface area contributed by atoms with Crippen LogP contribution in [0.3, 0.4) is 0 Å². The second-order valence-electron chi connectivity index (χ2n) is 7.72. The monoisotopic (exact) mass is 509 g/mol. The van der Waals surface area contributed by atoms with E-state index in [1.165, 1.54) is 48.8 Å². The largest absolute Gasteiger partial charge is 0.493 e. The molecule has 1 N–H and O–H groups in total. The van der Waals surface area contributed by atoms with Crippen molar-refractivity contribution in [3.63, 3.8) is 0 Å². The molecule has 1 amide bonds. The predicted octanol–water partition coefficient (Wildman–Crippen LogP) is 3.89. The Hall–Kier alpha value is -4.38. The second kappa shape index (κ2) is 10.9. The summed E-state index contributed by atoms with van der Waals surface area (Å²) in [7, 11) is 3.07. The number of rotatable bonds is 9. The lowest BCUT2D eigenvalue weighted by molar-refractivity contribution is -0.385. The van der Waals surface area contributed by atoms with E-state index in [-0.39, 0.29) is 17.7 Å². The van der Waals surface area contributed by atoms with Gasteiger partial charge >= 0.3 is 5.97 Å². The van der Waals surface area contributed by atoms with Crippen molar-refractivity contribution < 1.29 is 28.7 Å². The van der Waals surface area contributed by atoms with Gasteiger partial charge in [0.05, 0.1) is 42.2 Å². The Kier molecular flexibility index (Phi) is 7.50. The Bertz CT molecular complexity index is 1310. The Morgan fingerprint density at radius 1 is 1.08 bits per heavy atom. The maximum Gasteiger partial charge on any atom is 0.311 e. The summed E-state index contributed by atoms with van der Waals surface area (Å²) in [4.78, 5) is 37.1. The van der Waals surface area contributed by atoms with Crippen molar-refractivity contribution in [3.8, 4) is 11.5 Å². The van der Waals surface area contributed by atoms with Crippen LogP contribution in [0.2, 0.25) is 0 Å². The number of thiophene rings is 1. The van der Waals surface area contributed by atoms with Crippen LogP contribution in [0, 0.1) is 10.1 Å². The quantitative estimate of drug-likeness (QED) is 0.262. The molecule has 10 nitrogen and oxygen atoms in total. The molecule has 0 saturated carbocycles. The maximum atomic E-state index is 13.1. The number of para-hydroxylation sites is 1. The minimum absolute atomic E-state index is 0.180. The summed E-state index contributed by atoms with van der Waals surface area (Å²) in [6.45, 7) is -0.540. The molecule has 2 aromatic carbocycles. The molecule has 0 unspecified atom stereocenters. The molecule has 1 aliphatic rings. The number of nitrogens with zero attached hydrogens (tertiary/aromatic N) is 2. The lowest BCUT2D eigenvalue weighted by atomic mass is 10.0. The van der Waals surface area contributed by atoms with Crippen molar-refractivity contribution in [2.45, 2.75) is 12.5 Å². The minimum atomic E-state index is -0.744. The number of amides is 1. The Morgan fingerprint density at radius 2 is 1.86 bits per heavy atom. The van der Waals surface area contributed by atoms with E-state index in [2.05, 4.69) is 5.43 Å². The van der Waals surface area contributed by atoms with E-state index in [0.717, 1.165) is 16.1 Å². The fraction of sp³-hybridized carbons (Fsp3) is 0.200. The van der Waals surface area contributed by atoms with Crippen LogP contribution in [0.5, 0.6) is 11.5 Å². The Morgan fingerprint density at radius 3 is 2.56 bits per heavy atom. The fourth-order valence-corrected chi connectivity index (χ4v) is 4.50. The summed E-state index contributed by atoms with van der Waals surface area (Å²) in [6, 6.07) is 14.6. The predicted molar refractivity (Wildman–Crippen MR) is 132 cm³/mol. The summed E-state index contributed by atoms with van der Waals surface area (Å²) in [5, 5.41) is 14.5. The van der Waals surface area contributed by atoms with Gasteiger partial charge in [-0.05, 0) is 35.2 Å². The number of nitrogens with one attached hydrogen (secondary N) is 1. The maximum absolute atomic E-state index is 13.1. The zero-order valence-electron chi connectivity index (χ0n) is 19.5. The molecule has 4 rings (SSSR count). The van der Waals surface area contributed by atoms with Gasteiger partial charge in [-0.2, -0.15) is 0 Å². The van der Waals surface area contributed by atoms with E-state index in [1.807, 2.05) is 29.7 Å². The highest BCUT2D eigenvalue weighted by Crippen LogP contribution is 2.37. The SMILES string of the molecule is COc1ccc([C@H]2C=C(c3cccs3)NN2C(=O)COC(=O)Cc2ccccc2[N+](=O)[O-])cc1OC. The third-order valence-electron chi connectivity index (χ3n) is 5.53. The average molecular weight is 510 g/mol. The first-order chi connectivity index (χ1) is 17.4. The Labute approximate surface area is 210 Å². The number of hydrazine groups is 1. The summed E-state index contributed by atoms with van der Waals surface area (Å²) in [5.41, 5.74) is 4.64. The zero-order valence-corrected chi connectivity index (χ0v) is 20.3. The first-order valence-corrected chi connectivity index (χ1v) is 11.7. The number of esters is 1. The first kappa shape index (κ1) is 24.7. The molecule has 1 aliphatic heterocycles. The van der Waals surface area contributed by atoms with E-state index in [1.54, 1.807) is 18.2 Å². The molecule has 186 valence electrons. The number of hydrogen-bond acceptors (Lipinski definition) is 9. The summed E-state index contributed by atoms with van der Waals surface area (Å²) in [5.74, 6) is -0.174. The van der Waals surface area contributed by atoms with Gasteiger partial charge in [-0.1, -0.05) is 30.3 Å². The second-order valence-corrected chi connectivity index (χ2v) is 8.66. The highest BCUT2D eigenvalue weighted by atomic mass is 32.1. The molecule has 0 saturated heterocycles. The van der Waals surface area contributed by atoms with Crippen molar-refractivity contribution in [2.75, 3.05) is 20.8 Å². The number of carbonyl (C=O) groups excluding carboxylic acids is 2. The molecule has 2 heterocycles. The van der Waals surface area contributed by atoms with Crippen molar-refractivity contribution in [1.29, 1.82) is 0 Å². The summed E-state index contributed by atoms with van der Waals surface area (Å²) >= 11 is 1.51. The van der Waals surface area contributed by atoms with Crippen LogP contribution in [0.25, 0.3) is 5.70 Å². The van der Waals surface area contributed by atoms with Crippen LogP contribution >= 0.6 is 11.3 Å². The molecule has 1 atom stereocenters. The molecule has 0 radical (unpaired) electrons. The summed E-state index contributed by atoms with van der Waals surface area (Å²) < 4.78 is 15.9. The Balaban J connectivity index is 1.50. The van der Waals surface area contributed by atoms with Gasteiger partial charge in [0.1, 0.15) is 0 Å². The van der Waals surface area contributed by atoms with Gasteiger partial charge in [-0.15, -0.1) is 11.3 Å². The highest BCUT2D eigenvalue weighted by molar-refractivity contribution is 7.11. The van der Waals surface area contributed by atoms with E-state index >= 15 is 0 Å². The zero-order chi connectivity index (χ0) is 25.7. The number of nitro groups is 1. The van der Waals surface area contributed by atoms with Gasteiger partial charge in [0.25, 0.3) is 11.6 Å². The fourth-order valence-electron chi connectivity index (χ4n) is 3.79. The van der Waals surface area contributed by atoms with Crippen molar-refractivity contribution >= 4 is 34.6 Å². The number of hydrogen-bond donors (Lipinski definition) is 1. The van der Waals surface area contributed by atoms with E-state index in [9.17, 15) is 19.7 Å². The van der Waals surface area contributed by atoms with Gasteiger partial charge in [0.2, 0.25) is 0 Å². The first-order valence-electron chi connectivity index (χ1n) is 10.9. The van der Waals surface area contributed by atoms with Crippen molar-refractivity contribution in [2.24, 2.45) is 0 Å². The molecule has 36 heavy (non-hydrogen) atoms. The molecule has 0 fully saturated rings. The highest BCUT2D eigenvalue weighted by Gasteiger charge is 2.32. The lowest BCUT2D eigenvalue weighted by Crippen LogP contribution is -2.42. The van der Waals surface area contributed by atoms with Crippen molar-refractivity contribution in [3.05, 3.63) is 92.2 Å². The van der Waals surface area contributed by atoms with Crippen LogP contribution in [0.15, 0.2) is 66.1 Å². The van der Waals surface area contributed by atoms with Crippen molar-refractivity contribution in [1.82, 2.24) is 10.4 Å². The topological polar surface area (TPSA) is 120 Å².